The number of hydrogen-bond donors (Lipinski definition) is 1. The van der Waals surface area contributed by atoms with E-state index in [-0.39, 0.29) is 0 Å². The molecule has 0 unspecified atom stereocenters. The molecule has 0 bridgehead atoms. The molecular formula is C13H14N4O2. The van der Waals surface area contributed by atoms with E-state index in [1.807, 2.05) is 32.4 Å². The highest BCUT2D eigenvalue weighted by atomic mass is 16.7. The Morgan fingerprint density at radius 1 is 1.26 bits per heavy atom. The second-order valence-electron chi connectivity index (χ2n) is 4.16. The number of nitrogens with one attached hydrogen (secondary N) is 1. The fraction of sp³-hybridized carbons (Fsp3) is 0.231. The number of rotatable bonds is 3. The molecule has 2 aromatic heterocycles. The van der Waals surface area contributed by atoms with Crippen molar-refractivity contribution < 1.29 is 9.47 Å². The van der Waals surface area contributed by atoms with E-state index in [0.717, 1.165) is 22.6 Å². The summed E-state index contributed by atoms with van der Waals surface area (Å²) in [5.74, 6) is 0.766. The number of anilines is 1. The molecule has 0 fully saturated rings. The van der Waals surface area contributed by atoms with Gasteiger partial charge in [0.25, 0.3) is 6.29 Å². The standard InChI is InChI=1S/C13H14N4O2/c1-14-11-4-3-10(9-7-15-17(2)8-9)12(16-11)13-18-5-6-19-13/h3-8,13H,1-2H3,(H,14,16). The van der Waals surface area contributed by atoms with Crippen LogP contribution in [0.4, 0.5) is 5.82 Å². The summed E-state index contributed by atoms with van der Waals surface area (Å²) in [5, 5.41) is 7.19. The molecule has 0 spiro atoms. The van der Waals surface area contributed by atoms with Gasteiger partial charge in [0.05, 0.1) is 6.20 Å². The average molecular weight is 258 g/mol. The lowest BCUT2D eigenvalue weighted by molar-refractivity contribution is -0.0273. The number of hydrogen-bond acceptors (Lipinski definition) is 5. The van der Waals surface area contributed by atoms with Crippen LogP contribution in [0.2, 0.25) is 0 Å². The molecule has 0 atom stereocenters. The third-order valence-electron chi connectivity index (χ3n) is 2.88. The van der Waals surface area contributed by atoms with Gasteiger partial charge in [-0.15, -0.1) is 0 Å². The Morgan fingerprint density at radius 2 is 2.05 bits per heavy atom. The Morgan fingerprint density at radius 3 is 2.68 bits per heavy atom. The van der Waals surface area contributed by atoms with Crippen molar-refractivity contribution >= 4 is 5.82 Å². The summed E-state index contributed by atoms with van der Waals surface area (Å²) in [5.41, 5.74) is 2.65. The molecule has 19 heavy (non-hydrogen) atoms. The lowest BCUT2D eigenvalue weighted by Gasteiger charge is -2.14. The molecule has 0 radical (unpaired) electrons. The lowest BCUT2D eigenvalue weighted by Crippen LogP contribution is -2.05. The molecule has 0 aromatic carbocycles. The molecule has 6 nitrogen and oxygen atoms in total. The minimum Gasteiger partial charge on any atom is -0.454 e. The summed E-state index contributed by atoms with van der Waals surface area (Å²) in [6.07, 6.45) is 6.25. The van der Waals surface area contributed by atoms with Crippen molar-refractivity contribution in [3.05, 3.63) is 42.7 Å². The molecule has 6 heteroatoms. The van der Waals surface area contributed by atoms with Gasteiger partial charge in [-0.05, 0) is 12.1 Å². The Bertz CT molecular complexity index is 613. The summed E-state index contributed by atoms with van der Waals surface area (Å²) in [6, 6.07) is 3.89. The van der Waals surface area contributed by atoms with E-state index in [1.54, 1.807) is 10.9 Å². The molecule has 1 N–H and O–H groups in total. The third-order valence-corrected chi connectivity index (χ3v) is 2.88. The van der Waals surface area contributed by atoms with E-state index in [0.29, 0.717) is 0 Å². The number of pyridine rings is 1. The highest BCUT2D eigenvalue weighted by Crippen LogP contribution is 2.32. The Labute approximate surface area is 110 Å². The maximum Gasteiger partial charge on any atom is 0.284 e. The second-order valence-corrected chi connectivity index (χ2v) is 4.16. The first-order valence-corrected chi connectivity index (χ1v) is 5.91. The normalized spacial score (nSPS) is 14.2. The molecule has 0 saturated heterocycles. The van der Waals surface area contributed by atoms with E-state index in [4.69, 9.17) is 9.47 Å². The molecule has 0 amide bonds. The van der Waals surface area contributed by atoms with Crippen LogP contribution >= 0.6 is 0 Å². The summed E-state index contributed by atoms with van der Waals surface area (Å²) in [7, 11) is 3.70. The van der Waals surface area contributed by atoms with Crippen molar-refractivity contribution in [1.29, 1.82) is 0 Å². The van der Waals surface area contributed by atoms with Gasteiger partial charge < -0.3 is 14.8 Å². The minimum atomic E-state index is -0.511. The van der Waals surface area contributed by atoms with Crippen LogP contribution in [0.3, 0.4) is 0 Å². The van der Waals surface area contributed by atoms with E-state index in [9.17, 15) is 0 Å². The van der Waals surface area contributed by atoms with Gasteiger partial charge in [-0.3, -0.25) is 4.68 Å². The zero-order valence-corrected chi connectivity index (χ0v) is 10.7. The smallest absolute Gasteiger partial charge is 0.284 e. The summed E-state index contributed by atoms with van der Waals surface area (Å²) < 4.78 is 12.5. The highest BCUT2D eigenvalue weighted by Gasteiger charge is 2.23. The summed E-state index contributed by atoms with van der Waals surface area (Å²) in [6.45, 7) is 0. The molecule has 0 aliphatic carbocycles. The van der Waals surface area contributed by atoms with Gasteiger partial charge in [-0.2, -0.15) is 5.10 Å². The monoisotopic (exact) mass is 258 g/mol. The van der Waals surface area contributed by atoms with Gasteiger partial charge in [0.2, 0.25) is 0 Å². The van der Waals surface area contributed by atoms with Crippen LogP contribution in [0.25, 0.3) is 11.1 Å². The molecular weight excluding hydrogens is 244 g/mol. The van der Waals surface area contributed by atoms with Gasteiger partial charge in [-0.1, -0.05) is 0 Å². The van der Waals surface area contributed by atoms with Crippen molar-refractivity contribution in [3.8, 4) is 11.1 Å². The maximum atomic E-state index is 5.39. The average Bonchev–Trinajstić information content (AvgIpc) is 3.09. The van der Waals surface area contributed by atoms with Crippen LogP contribution in [-0.4, -0.2) is 21.8 Å². The second kappa shape index (κ2) is 4.64. The molecule has 0 saturated carbocycles. The van der Waals surface area contributed by atoms with Crippen LogP contribution < -0.4 is 5.32 Å². The van der Waals surface area contributed by atoms with Gasteiger partial charge in [0, 0.05) is 31.4 Å². The Kier molecular flexibility index (Phi) is 2.83. The van der Waals surface area contributed by atoms with Gasteiger partial charge in [0.1, 0.15) is 24.0 Å². The van der Waals surface area contributed by atoms with E-state index < -0.39 is 6.29 Å². The van der Waals surface area contributed by atoms with Crippen LogP contribution in [0.1, 0.15) is 12.0 Å². The fourth-order valence-electron chi connectivity index (χ4n) is 1.97. The van der Waals surface area contributed by atoms with Gasteiger partial charge in [0.15, 0.2) is 0 Å². The van der Waals surface area contributed by atoms with Crippen molar-refractivity contribution in [2.24, 2.45) is 7.05 Å². The predicted octanol–water partition coefficient (Wildman–Crippen LogP) is 2.04. The summed E-state index contributed by atoms with van der Waals surface area (Å²) in [4.78, 5) is 4.52. The molecule has 1 aliphatic rings. The SMILES string of the molecule is CNc1ccc(-c2cnn(C)c2)c(C2OC=CO2)n1. The van der Waals surface area contributed by atoms with Crippen LogP contribution in [0.15, 0.2) is 37.1 Å². The third kappa shape index (κ3) is 2.12. The van der Waals surface area contributed by atoms with Crippen molar-refractivity contribution in [1.82, 2.24) is 14.8 Å². The topological polar surface area (TPSA) is 61.2 Å². The van der Waals surface area contributed by atoms with Gasteiger partial charge in [-0.25, -0.2) is 4.98 Å². The van der Waals surface area contributed by atoms with Crippen LogP contribution in [-0.2, 0) is 16.5 Å². The van der Waals surface area contributed by atoms with E-state index >= 15 is 0 Å². The minimum absolute atomic E-state index is 0.511. The quantitative estimate of drug-likeness (QED) is 0.912. The van der Waals surface area contributed by atoms with Crippen molar-refractivity contribution in [2.75, 3.05) is 12.4 Å². The molecule has 3 heterocycles. The molecule has 1 aliphatic heterocycles. The molecule has 98 valence electrons. The number of ether oxygens (including phenoxy) is 2. The zero-order valence-electron chi connectivity index (χ0n) is 10.7. The Balaban J connectivity index is 2.07. The van der Waals surface area contributed by atoms with Crippen LogP contribution in [0, 0.1) is 0 Å². The molecule has 3 rings (SSSR count). The number of aryl methyl sites for hydroxylation is 1. The zero-order chi connectivity index (χ0) is 13.2. The first-order chi connectivity index (χ1) is 9.28. The first-order valence-electron chi connectivity index (χ1n) is 5.91. The highest BCUT2D eigenvalue weighted by molar-refractivity contribution is 5.66. The maximum absolute atomic E-state index is 5.39. The lowest BCUT2D eigenvalue weighted by atomic mass is 10.1. The first kappa shape index (κ1) is 11.6. The van der Waals surface area contributed by atoms with E-state index in [1.165, 1.54) is 12.5 Å². The van der Waals surface area contributed by atoms with Crippen molar-refractivity contribution in [2.45, 2.75) is 6.29 Å². The van der Waals surface area contributed by atoms with Gasteiger partial charge >= 0.3 is 0 Å². The molecule has 2 aromatic rings. The van der Waals surface area contributed by atoms with Crippen molar-refractivity contribution in [3.63, 3.8) is 0 Å². The number of nitrogens with zero attached hydrogens (tertiary/aromatic N) is 3. The Hall–Kier alpha value is -2.50. The predicted molar refractivity (Wildman–Crippen MR) is 70.0 cm³/mol. The largest absolute Gasteiger partial charge is 0.454 e. The number of aromatic nitrogens is 3. The fourth-order valence-corrected chi connectivity index (χ4v) is 1.97. The van der Waals surface area contributed by atoms with E-state index in [2.05, 4.69) is 15.4 Å². The summed E-state index contributed by atoms with van der Waals surface area (Å²) >= 11 is 0. The van der Waals surface area contributed by atoms with Crippen LogP contribution in [0.5, 0.6) is 0 Å².